The third kappa shape index (κ3) is 2.71. The molecule has 0 atom stereocenters. The molecule has 0 aromatic heterocycles. The predicted molar refractivity (Wildman–Crippen MR) is 47.8 cm³/mol. The van der Waals surface area contributed by atoms with Crippen LogP contribution in [0.1, 0.15) is 11.1 Å². The van der Waals surface area contributed by atoms with Gasteiger partial charge in [-0.15, -0.1) is 0 Å². The van der Waals surface area contributed by atoms with Crippen LogP contribution < -0.4 is 0 Å². The van der Waals surface area contributed by atoms with Crippen LogP contribution in [0.3, 0.4) is 0 Å². The van der Waals surface area contributed by atoms with Crippen molar-refractivity contribution in [2.75, 3.05) is 0 Å². The number of carboxylic acids is 1. The lowest BCUT2D eigenvalue weighted by Crippen LogP contribution is -1.88. The van der Waals surface area contributed by atoms with Crippen molar-refractivity contribution in [1.29, 1.82) is 0 Å². The number of aryl methyl sites for hydroxylation is 1. The monoisotopic (exact) mass is 180 g/mol. The van der Waals surface area contributed by atoms with Crippen molar-refractivity contribution in [1.82, 2.24) is 0 Å². The summed E-state index contributed by atoms with van der Waals surface area (Å²) < 4.78 is 13.0. The van der Waals surface area contributed by atoms with Gasteiger partial charge in [0.05, 0.1) is 0 Å². The van der Waals surface area contributed by atoms with Crippen LogP contribution in [0.15, 0.2) is 24.3 Å². The molecule has 1 N–H and O–H groups in total. The lowest BCUT2D eigenvalue weighted by molar-refractivity contribution is -0.131. The molecule has 0 aliphatic heterocycles. The predicted octanol–water partition coefficient (Wildman–Crippen LogP) is 2.23. The minimum Gasteiger partial charge on any atom is -0.478 e. The summed E-state index contributed by atoms with van der Waals surface area (Å²) in [6.45, 7) is 1.82. The number of halogens is 1. The molecule has 0 spiro atoms. The first-order chi connectivity index (χ1) is 6.09. The molecule has 0 saturated carbocycles. The van der Waals surface area contributed by atoms with Gasteiger partial charge in [-0.3, -0.25) is 0 Å². The highest BCUT2D eigenvalue weighted by Gasteiger charge is 1.98. The Bertz CT molecular complexity index is 356. The Morgan fingerprint density at radius 3 is 2.85 bits per heavy atom. The third-order valence-corrected chi connectivity index (χ3v) is 1.56. The topological polar surface area (TPSA) is 37.3 Å². The van der Waals surface area contributed by atoms with E-state index in [9.17, 15) is 9.18 Å². The Labute approximate surface area is 75.3 Å². The number of rotatable bonds is 2. The summed E-state index contributed by atoms with van der Waals surface area (Å²) >= 11 is 0. The molecule has 0 unspecified atom stereocenters. The van der Waals surface area contributed by atoms with Gasteiger partial charge in [0.15, 0.2) is 0 Å². The van der Waals surface area contributed by atoms with E-state index in [1.165, 1.54) is 12.1 Å². The van der Waals surface area contributed by atoms with Crippen molar-refractivity contribution in [2.45, 2.75) is 6.92 Å². The van der Waals surface area contributed by atoms with Crippen LogP contribution in [0.25, 0.3) is 6.08 Å². The molecule has 2 nitrogen and oxygen atoms in total. The molecule has 13 heavy (non-hydrogen) atoms. The summed E-state index contributed by atoms with van der Waals surface area (Å²) in [5, 5.41) is 8.33. The molecule has 1 aromatic rings. The number of carbonyl (C=O) groups is 1. The van der Waals surface area contributed by atoms with Crippen molar-refractivity contribution < 1.29 is 14.3 Å². The van der Waals surface area contributed by atoms with Crippen molar-refractivity contribution in [3.63, 3.8) is 0 Å². The molecular weight excluding hydrogens is 171 g/mol. The van der Waals surface area contributed by atoms with E-state index in [0.717, 1.165) is 11.6 Å². The van der Waals surface area contributed by atoms with Gasteiger partial charge in [0.2, 0.25) is 0 Å². The summed E-state index contributed by atoms with van der Waals surface area (Å²) in [6, 6.07) is 4.54. The molecule has 3 heteroatoms. The van der Waals surface area contributed by atoms with E-state index in [1.54, 1.807) is 12.1 Å². The highest BCUT2D eigenvalue weighted by atomic mass is 19.1. The lowest BCUT2D eigenvalue weighted by atomic mass is 10.1. The third-order valence-electron chi connectivity index (χ3n) is 1.56. The SMILES string of the molecule is Cc1ccc(F)c(C=CC(=O)O)c1. The Hall–Kier alpha value is -1.64. The summed E-state index contributed by atoms with van der Waals surface area (Å²) in [4.78, 5) is 10.2. The van der Waals surface area contributed by atoms with Crippen LogP contribution >= 0.6 is 0 Å². The second-order valence-corrected chi connectivity index (χ2v) is 2.70. The van der Waals surface area contributed by atoms with Crippen LogP contribution in [-0.2, 0) is 4.79 Å². The smallest absolute Gasteiger partial charge is 0.328 e. The van der Waals surface area contributed by atoms with Gasteiger partial charge in [0.1, 0.15) is 5.82 Å². The fourth-order valence-electron chi connectivity index (χ4n) is 0.952. The normalized spacial score (nSPS) is 10.6. The van der Waals surface area contributed by atoms with Gasteiger partial charge in [-0.2, -0.15) is 0 Å². The second kappa shape index (κ2) is 3.85. The van der Waals surface area contributed by atoms with Crippen LogP contribution in [0.4, 0.5) is 4.39 Å². The van der Waals surface area contributed by atoms with Crippen molar-refractivity contribution in [2.24, 2.45) is 0 Å². The van der Waals surface area contributed by atoms with E-state index in [-0.39, 0.29) is 0 Å². The molecule has 0 amide bonds. The number of carboxylic acid groups (broad SMARTS) is 1. The van der Waals surface area contributed by atoms with Gasteiger partial charge in [0, 0.05) is 11.6 Å². The molecule has 1 rings (SSSR count). The molecule has 0 bridgehead atoms. The van der Waals surface area contributed by atoms with Crippen LogP contribution in [0, 0.1) is 12.7 Å². The fourth-order valence-corrected chi connectivity index (χ4v) is 0.952. The maximum Gasteiger partial charge on any atom is 0.328 e. The Kier molecular flexibility index (Phi) is 2.80. The quantitative estimate of drug-likeness (QED) is 0.708. The largest absolute Gasteiger partial charge is 0.478 e. The molecule has 0 saturated heterocycles. The van der Waals surface area contributed by atoms with E-state index < -0.39 is 11.8 Å². The Morgan fingerprint density at radius 2 is 2.23 bits per heavy atom. The first-order valence-electron chi connectivity index (χ1n) is 3.77. The number of aliphatic carboxylic acids is 1. The van der Waals surface area contributed by atoms with E-state index in [2.05, 4.69) is 0 Å². The molecule has 0 fully saturated rings. The average Bonchev–Trinajstić information content (AvgIpc) is 2.06. The van der Waals surface area contributed by atoms with Gasteiger partial charge in [-0.05, 0) is 25.1 Å². The van der Waals surface area contributed by atoms with Crippen molar-refractivity contribution in [3.05, 3.63) is 41.2 Å². The van der Waals surface area contributed by atoms with Crippen LogP contribution in [-0.4, -0.2) is 11.1 Å². The van der Waals surface area contributed by atoms with Crippen molar-refractivity contribution >= 4 is 12.0 Å². The lowest BCUT2D eigenvalue weighted by Gasteiger charge is -1.97. The number of hydrogen-bond acceptors (Lipinski definition) is 1. The molecule has 0 aliphatic rings. The minimum atomic E-state index is -1.08. The van der Waals surface area contributed by atoms with Crippen LogP contribution in [0.5, 0.6) is 0 Å². The van der Waals surface area contributed by atoms with E-state index >= 15 is 0 Å². The first-order valence-corrected chi connectivity index (χ1v) is 3.77. The first kappa shape index (κ1) is 9.45. The zero-order chi connectivity index (χ0) is 9.84. The summed E-state index contributed by atoms with van der Waals surface area (Å²) in [7, 11) is 0. The maximum atomic E-state index is 13.0. The van der Waals surface area contributed by atoms with Gasteiger partial charge in [-0.1, -0.05) is 11.6 Å². The van der Waals surface area contributed by atoms with Gasteiger partial charge < -0.3 is 5.11 Å². The zero-order valence-electron chi connectivity index (χ0n) is 7.12. The van der Waals surface area contributed by atoms with Gasteiger partial charge in [0.25, 0.3) is 0 Å². The number of hydrogen-bond donors (Lipinski definition) is 1. The highest BCUT2D eigenvalue weighted by Crippen LogP contribution is 2.11. The second-order valence-electron chi connectivity index (χ2n) is 2.70. The van der Waals surface area contributed by atoms with E-state index in [0.29, 0.717) is 5.56 Å². The van der Waals surface area contributed by atoms with Gasteiger partial charge in [-0.25, -0.2) is 9.18 Å². The van der Waals surface area contributed by atoms with Crippen LogP contribution in [0.2, 0.25) is 0 Å². The highest BCUT2D eigenvalue weighted by molar-refractivity contribution is 5.85. The fraction of sp³-hybridized carbons (Fsp3) is 0.100. The molecule has 1 aromatic carbocycles. The molecule has 0 aliphatic carbocycles. The summed E-state index contributed by atoms with van der Waals surface area (Å²) in [5.74, 6) is -1.50. The van der Waals surface area contributed by atoms with Gasteiger partial charge >= 0.3 is 5.97 Å². The minimum absolute atomic E-state index is 0.294. The van der Waals surface area contributed by atoms with E-state index in [1.807, 2.05) is 6.92 Å². The average molecular weight is 180 g/mol. The maximum absolute atomic E-state index is 13.0. The Morgan fingerprint density at radius 1 is 1.54 bits per heavy atom. The standard InChI is InChI=1S/C10H9FO2/c1-7-2-4-9(11)8(6-7)3-5-10(12)13/h2-6H,1H3,(H,12,13). The van der Waals surface area contributed by atoms with E-state index in [4.69, 9.17) is 5.11 Å². The molecule has 68 valence electrons. The molecule has 0 radical (unpaired) electrons. The Balaban J connectivity index is 3.00. The zero-order valence-corrected chi connectivity index (χ0v) is 7.12. The molecule has 0 heterocycles. The number of benzene rings is 1. The van der Waals surface area contributed by atoms with Crippen molar-refractivity contribution in [3.8, 4) is 0 Å². The summed E-state index contributed by atoms with van der Waals surface area (Å²) in [5.41, 5.74) is 1.19. The molecular formula is C10H9FO2. The summed E-state index contributed by atoms with van der Waals surface area (Å²) in [6.07, 6.45) is 2.16.